The summed E-state index contributed by atoms with van der Waals surface area (Å²) in [5.41, 5.74) is 8.67. The predicted octanol–water partition coefficient (Wildman–Crippen LogP) is 2.02. The highest BCUT2D eigenvalue weighted by atomic mass is 15.2. The van der Waals surface area contributed by atoms with E-state index in [2.05, 4.69) is 55.1 Å². The summed E-state index contributed by atoms with van der Waals surface area (Å²) in [7, 11) is 4.43. The van der Waals surface area contributed by atoms with Crippen LogP contribution in [0.15, 0.2) is 24.3 Å². The summed E-state index contributed by atoms with van der Waals surface area (Å²) >= 11 is 0. The number of piperidine rings is 1. The molecule has 2 N–H and O–H groups in total. The minimum atomic E-state index is 0.342. The second-order valence-electron chi connectivity index (χ2n) is 5.86. The minimum absolute atomic E-state index is 0.342. The maximum absolute atomic E-state index is 6.03. The summed E-state index contributed by atoms with van der Waals surface area (Å²) in [5.74, 6) is 0. The normalized spacial score (nSPS) is 19.8. The third-order valence-electron chi connectivity index (χ3n) is 4.44. The van der Waals surface area contributed by atoms with Gasteiger partial charge in [-0.1, -0.05) is 29.8 Å². The largest absolute Gasteiger partial charge is 0.329 e. The molecule has 1 aromatic carbocycles. The third-order valence-corrected chi connectivity index (χ3v) is 4.44. The molecule has 1 atom stereocenters. The number of hydrogen-bond acceptors (Lipinski definition) is 3. The number of likely N-dealkylation sites (tertiary alicyclic amines) is 1. The Bertz CT molecular complexity index is 379. The standard InChI is InChI=1S/C16H27N3/c1-13-4-6-14(7-5-13)16(12-17)19(3)15-8-10-18(2)11-9-15/h4-7,15-16H,8-12,17H2,1-3H3. The number of hydrogen-bond donors (Lipinski definition) is 1. The Morgan fingerprint density at radius 3 is 2.37 bits per heavy atom. The van der Waals surface area contributed by atoms with Gasteiger partial charge in [-0.2, -0.15) is 0 Å². The summed E-state index contributed by atoms with van der Waals surface area (Å²) in [6, 6.07) is 9.80. The first-order valence-corrected chi connectivity index (χ1v) is 7.29. The second kappa shape index (κ2) is 6.51. The first-order chi connectivity index (χ1) is 9.11. The fraction of sp³-hybridized carbons (Fsp3) is 0.625. The van der Waals surface area contributed by atoms with Crippen molar-refractivity contribution < 1.29 is 0 Å². The molecule has 1 heterocycles. The molecule has 1 unspecified atom stereocenters. The van der Waals surface area contributed by atoms with Gasteiger partial charge in [0.1, 0.15) is 0 Å². The van der Waals surface area contributed by atoms with Gasteiger partial charge in [0.05, 0.1) is 0 Å². The average molecular weight is 261 g/mol. The Morgan fingerprint density at radius 2 is 1.84 bits per heavy atom. The van der Waals surface area contributed by atoms with E-state index in [1.807, 2.05) is 0 Å². The fourth-order valence-corrected chi connectivity index (χ4v) is 2.98. The topological polar surface area (TPSA) is 32.5 Å². The van der Waals surface area contributed by atoms with E-state index in [4.69, 9.17) is 5.73 Å². The molecule has 0 bridgehead atoms. The summed E-state index contributed by atoms with van der Waals surface area (Å²) in [5, 5.41) is 0. The van der Waals surface area contributed by atoms with Crippen molar-refractivity contribution in [3.05, 3.63) is 35.4 Å². The molecular formula is C16H27N3. The van der Waals surface area contributed by atoms with E-state index in [0.717, 1.165) is 0 Å². The molecule has 1 fully saturated rings. The first-order valence-electron chi connectivity index (χ1n) is 7.29. The monoisotopic (exact) mass is 261 g/mol. The highest BCUT2D eigenvalue weighted by Crippen LogP contribution is 2.25. The van der Waals surface area contributed by atoms with Gasteiger partial charge in [0.2, 0.25) is 0 Å². The second-order valence-corrected chi connectivity index (χ2v) is 5.86. The minimum Gasteiger partial charge on any atom is -0.329 e. The van der Waals surface area contributed by atoms with Crippen LogP contribution < -0.4 is 5.73 Å². The van der Waals surface area contributed by atoms with Crippen LogP contribution in [0, 0.1) is 6.92 Å². The van der Waals surface area contributed by atoms with E-state index in [9.17, 15) is 0 Å². The van der Waals surface area contributed by atoms with E-state index >= 15 is 0 Å². The zero-order chi connectivity index (χ0) is 13.8. The Labute approximate surface area is 117 Å². The van der Waals surface area contributed by atoms with Crippen molar-refractivity contribution in [1.82, 2.24) is 9.80 Å². The summed E-state index contributed by atoms with van der Waals surface area (Å²) in [4.78, 5) is 4.89. The fourth-order valence-electron chi connectivity index (χ4n) is 2.98. The first kappa shape index (κ1) is 14.5. The maximum Gasteiger partial charge on any atom is 0.0470 e. The quantitative estimate of drug-likeness (QED) is 0.900. The molecule has 106 valence electrons. The van der Waals surface area contributed by atoms with Crippen molar-refractivity contribution in [2.24, 2.45) is 5.73 Å². The van der Waals surface area contributed by atoms with Gasteiger partial charge in [0, 0.05) is 18.6 Å². The van der Waals surface area contributed by atoms with E-state index < -0.39 is 0 Å². The number of benzene rings is 1. The van der Waals surface area contributed by atoms with Gasteiger partial charge < -0.3 is 10.6 Å². The summed E-state index contributed by atoms with van der Waals surface area (Å²) < 4.78 is 0. The lowest BCUT2D eigenvalue weighted by molar-refractivity contribution is 0.109. The smallest absolute Gasteiger partial charge is 0.0470 e. The van der Waals surface area contributed by atoms with Crippen LogP contribution in [0.1, 0.15) is 30.0 Å². The molecule has 0 spiro atoms. The number of rotatable bonds is 4. The van der Waals surface area contributed by atoms with Gasteiger partial charge in [0.15, 0.2) is 0 Å². The Kier molecular flexibility index (Phi) is 4.97. The van der Waals surface area contributed by atoms with Crippen LogP contribution in [-0.4, -0.2) is 49.6 Å². The average Bonchev–Trinajstić information content (AvgIpc) is 2.42. The summed E-state index contributed by atoms with van der Waals surface area (Å²) in [6.45, 7) is 5.20. The molecule has 3 heteroatoms. The molecule has 19 heavy (non-hydrogen) atoms. The van der Waals surface area contributed by atoms with Crippen molar-refractivity contribution in [1.29, 1.82) is 0 Å². The van der Waals surface area contributed by atoms with Crippen molar-refractivity contribution >= 4 is 0 Å². The molecule has 1 aliphatic heterocycles. The van der Waals surface area contributed by atoms with Crippen LogP contribution in [0.2, 0.25) is 0 Å². The zero-order valence-corrected chi connectivity index (χ0v) is 12.5. The van der Waals surface area contributed by atoms with Gasteiger partial charge in [-0.25, -0.2) is 0 Å². The zero-order valence-electron chi connectivity index (χ0n) is 12.5. The molecule has 3 nitrogen and oxygen atoms in total. The molecule has 1 aliphatic rings. The van der Waals surface area contributed by atoms with E-state index in [-0.39, 0.29) is 0 Å². The van der Waals surface area contributed by atoms with Crippen LogP contribution in [0.4, 0.5) is 0 Å². The van der Waals surface area contributed by atoms with Gasteiger partial charge in [-0.3, -0.25) is 4.90 Å². The van der Waals surface area contributed by atoms with Crippen LogP contribution in [0.25, 0.3) is 0 Å². The Balaban J connectivity index is 2.06. The number of likely N-dealkylation sites (N-methyl/N-ethyl adjacent to an activating group) is 1. The summed E-state index contributed by atoms with van der Waals surface area (Å²) in [6.07, 6.45) is 2.49. The molecule has 2 rings (SSSR count). The van der Waals surface area contributed by atoms with E-state index in [1.165, 1.54) is 37.1 Å². The van der Waals surface area contributed by atoms with Crippen molar-refractivity contribution in [3.63, 3.8) is 0 Å². The molecule has 0 amide bonds. The molecule has 1 saturated heterocycles. The van der Waals surface area contributed by atoms with Crippen LogP contribution in [0.3, 0.4) is 0 Å². The number of nitrogens with two attached hydrogens (primary N) is 1. The van der Waals surface area contributed by atoms with Crippen molar-refractivity contribution in [2.45, 2.75) is 31.8 Å². The SMILES string of the molecule is Cc1ccc(C(CN)N(C)C2CCN(C)CC2)cc1. The number of aryl methyl sites for hydroxylation is 1. The van der Waals surface area contributed by atoms with E-state index in [1.54, 1.807) is 0 Å². The van der Waals surface area contributed by atoms with Crippen LogP contribution >= 0.6 is 0 Å². The lowest BCUT2D eigenvalue weighted by Gasteiger charge is -2.39. The molecular weight excluding hydrogens is 234 g/mol. The van der Waals surface area contributed by atoms with Gasteiger partial charge in [-0.15, -0.1) is 0 Å². The predicted molar refractivity (Wildman–Crippen MR) is 81.3 cm³/mol. The van der Waals surface area contributed by atoms with Gasteiger partial charge >= 0.3 is 0 Å². The molecule has 0 radical (unpaired) electrons. The molecule has 0 aromatic heterocycles. The van der Waals surface area contributed by atoms with Crippen LogP contribution in [-0.2, 0) is 0 Å². The number of nitrogens with zero attached hydrogens (tertiary/aromatic N) is 2. The highest BCUT2D eigenvalue weighted by molar-refractivity contribution is 5.24. The van der Waals surface area contributed by atoms with Gasteiger partial charge in [0.25, 0.3) is 0 Å². The third kappa shape index (κ3) is 3.56. The molecule has 0 saturated carbocycles. The lowest BCUT2D eigenvalue weighted by atomic mass is 9.98. The van der Waals surface area contributed by atoms with E-state index in [0.29, 0.717) is 18.6 Å². The molecule has 0 aliphatic carbocycles. The maximum atomic E-state index is 6.03. The molecule has 1 aromatic rings. The van der Waals surface area contributed by atoms with Crippen LogP contribution in [0.5, 0.6) is 0 Å². The lowest BCUT2D eigenvalue weighted by Crippen LogP contribution is -2.45. The highest BCUT2D eigenvalue weighted by Gasteiger charge is 2.26. The Hall–Kier alpha value is -0.900. The van der Waals surface area contributed by atoms with Crippen molar-refractivity contribution in [2.75, 3.05) is 33.7 Å². The van der Waals surface area contributed by atoms with Gasteiger partial charge in [-0.05, 0) is 52.5 Å². The van der Waals surface area contributed by atoms with Crippen molar-refractivity contribution in [3.8, 4) is 0 Å². The Morgan fingerprint density at radius 1 is 1.26 bits per heavy atom.